The van der Waals surface area contributed by atoms with Crippen molar-refractivity contribution in [3.8, 4) is 0 Å². The number of carboxylic acid groups (broad SMARTS) is 1. The van der Waals surface area contributed by atoms with Gasteiger partial charge < -0.3 is 15.0 Å². The summed E-state index contributed by atoms with van der Waals surface area (Å²) >= 11 is 0. The van der Waals surface area contributed by atoms with E-state index in [4.69, 9.17) is 5.11 Å². The fourth-order valence-electron chi connectivity index (χ4n) is 1.90. The normalized spacial score (nSPS) is 11.0. The zero-order chi connectivity index (χ0) is 16.1. The van der Waals surface area contributed by atoms with Crippen LogP contribution < -0.4 is 5.32 Å². The molecule has 0 saturated heterocycles. The molecule has 7 heteroatoms. The Hall–Kier alpha value is -2.96. The first-order valence-corrected chi connectivity index (χ1v) is 6.63. The number of carbonyl (C=O) groups is 1. The van der Waals surface area contributed by atoms with Gasteiger partial charge in [0.25, 0.3) is 0 Å². The molecule has 2 aromatic heterocycles. The summed E-state index contributed by atoms with van der Waals surface area (Å²) < 4.78 is 1.48. The molecule has 114 valence electrons. The van der Waals surface area contributed by atoms with E-state index in [0.717, 1.165) is 5.57 Å². The van der Waals surface area contributed by atoms with Crippen LogP contribution in [-0.4, -0.2) is 37.1 Å². The van der Waals surface area contributed by atoms with Gasteiger partial charge in [0.1, 0.15) is 17.9 Å². The number of hydrogen-bond donors (Lipinski definition) is 2. The first-order chi connectivity index (χ1) is 10.5. The molecule has 0 aliphatic carbocycles. The molecule has 2 N–H and O–H groups in total. The van der Waals surface area contributed by atoms with Crippen LogP contribution in [0.15, 0.2) is 43.3 Å². The van der Waals surface area contributed by atoms with Crippen molar-refractivity contribution in [1.29, 1.82) is 0 Å². The summed E-state index contributed by atoms with van der Waals surface area (Å²) in [4.78, 5) is 23.6. The molecule has 7 nitrogen and oxygen atoms in total. The lowest BCUT2D eigenvalue weighted by atomic mass is 10.2. The average molecular weight is 299 g/mol. The molecule has 2 aromatic rings. The monoisotopic (exact) mass is 299 g/mol. The molecule has 2 rings (SSSR count). The summed E-state index contributed by atoms with van der Waals surface area (Å²) in [6.07, 6.45) is 6.76. The van der Waals surface area contributed by atoms with Crippen molar-refractivity contribution in [1.82, 2.24) is 19.5 Å². The molecule has 0 amide bonds. The van der Waals surface area contributed by atoms with Crippen molar-refractivity contribution >= 4 is 23.0 Å². The minimum Gasteiger partial charge on any atom is -0.480 e. The van der Waals surface area contributed by atoms with Crippen molar-refractivity contribution in [2.45, 2.75) is 13.5 Å². The van der Waals surface area contributed by atoms with Gasteiger partial charge in [0.15, 0.2) is 11.5 Å². The number of rotatable bonds is 7. The molecule has 0 bridgehead atoms. The summed E-state index contributed by atoms with van der Waals surface area (Å²) in [5, 5.41) is 12.1. The van der Waals surface area contributed by atoms with Gasteiger partial charge >= 0.3 is 5.97 Å². The Kier molecular flexibility index (Phi) is 4.67. The van der Waals surface area contributed by atoms with Crippen LogP contribution in [0.5, 0.6) is 0 Å². The number of carboxylic acids is 1. The summed E-state index contributed by atoms with van der Waals surface area (Å²) in [5.74, 6) is 0.141. The molecule has 0 unspecified atom stereocenters. The molecule has 0 radical (unpaired) electrons. The highest BCUT2D eigenvalue weighted by Crippen LogP contribution is 2.19. The van der Waals surface area contributed by atoms with E-state index in [-0.39, 0.29) is 6.54 Å². The number of hydrogen-bond acceptors (Lipinski definition) is 5. The SMILES string of the molecule is C=CC=CC(=C)CNc1nc(C)nc2c1ncn2CC(=O)O. The maximum absolute atomic E-state index is 10.9. The van der Waals surface area contributed by atoms with Gasteiger partial charge in [0, 0.05) is 6.54 Å². The van der Waals surface area contributed by atoms with Crippen molar-refractivity contribution in [2.75, 3.05) is 11.9 Å². The Labute approximate surface area is 127 Å². The summed E-state index contributed by atoms with van der Waals surface area (Å²) in [5.41, 5.74) is 1.88. The number of imidazole rings is 1. The summed E-state index contributed by atoms with van der Waals surface area (Å²) in [6, 6.07) is 0. The Morgan fingerprint density at radius 2 is 2.27 bits per heavy atom. The van der Waals surface area contributed by atoms with Gasteiger partial charge in [0.05, 0.1) is 6.33 Å². The van der Waals surface area contributed by atoms with Gasteiger partial charge in [-0.05, 0) is 12.5 Å². The van der Waals surface area contributed by atoms with E-state index in [0.29, 0.717) is 29.4 Å². The fraction of sp³-hybridized carbons (Fsp3) is 0.200. The lowest BCUT2D eigenvalue weighted by Crippen LogP contribution is -2.10. The first kappa shape index (κ1) is 15.4. The van der Waals surface area contributed by atoms with Crippen LogP contribution >= 0.6 is 0 Å². The van der Waals surface area contributed by atoms with E-state index < -0.39 is 5.97 Å². The molecule has 0 aromatic carbocycles. The second kappa shape index (κ2) is 6.66. The smallest absolute Gasteiger partial charge is 0.323 e. The lowest BCUT2D eigenvalue weighted by Gasteiger charge is -2.07. The molecule has 0 spiro atoms. The van der Waals surface area contributed by atoms with Crippen molar-refractivity contribution in [3.63, 3.8) is 0 Å². The Balaban J connectivity index is 2.28. The van der Waals surface area contributed by atoms with E-state index in [1.54, 1.807) is 19.1 Å². The van der Waals surface area contributed by atoms with Gasteiger partial charge in [-0.1, -0.05) is 31.4 Å². The summed E-state index contributed by atoms with van der Waals surface area (Å²) in [7, 11) is 0. The van der Waals surface area contributed by atoms with Crippen LogP contribution in [0.25, 0.3) is 11.2 Å². The van der Waals surface area contributed by atoms with Crippen LogP contribution in [0.4, 0.5) is 5.82 Å². The van der Waals surface area contributed by atoms with Crippen molar-refractivity contribution in [2.24, 2.45) is 0 Å². The number of aryl methyl sites for hydroxylation is 1. The maximum Gasteiger partial charge on any atom is 0.323 e. The molecule has 0 saturated carbocycles. The number of aliphatic carboxylic acids is 1. The third kappa shape index (κ3) is 3.57. The third-order valence-corrected chi connectivity index (χ3v) is 2.83. The highest BCUT2D eigenvalue weighted by atomic mass is 16.4. The number of aromatic nitrogens is 4. The highest BCUT2D eigenvalue weighted by molar-refractivity contribution is 5.84. The van der Waals surface area contributed by atoms with Crippen LogP contribution in [0.2, 0.25) is 0 Å². The predicted octanol–water partition coefficient (Wildman–Crippen LogP) is 1.93. The largest absolute Gasteiger partial charge is 0.480 e. The van der Waals surface area contributed by atoms with Crippen molar-refractivity contribution in [3.05, 3.63) is 49.1 Å². The molecule has 0 fully saturated rings. The number of nitrogens with one attached hydrogen (secondary N) is 1. The van der Waals surface area contributed by atoms with Crippen LogP contribution in [0.1, 0.15) is 5.82 Å². The fourth-order valence-corrected chi connectivity index (χ4v) is 1.90. The van der Waals surface area contributed by atoms with Crippen LogP contribution in [-0.2, 0) is 11.3 Å². The van der Waals surface area contributed by atoms with E-state index in [1.807, 2.05) is 6.08 Å². The molecular weight excluding hydrogens is 282 g/mol. The Morgan fingerprint density at radius 1 is 1.50 bits per heavy atom. The summed E-state index contributed by atoms with van der Waals surface area (Å²) in [6.45, 7) is 9.55. The van der Waals surface area contributed by atoms with Crippen LogP contribution in [0.3, 0.4) is 0 Å². The minimum absolute atomic E-state index is 0.193. The molecule has 0 aliphatic rings. The molecule has 0 aliphatic heterocycles. The van der Waals surface area contributed by atoms with E-state index in [9.17, 15) is 4.79 Å². The van der Waals surface area contributed by atoms with Gasteiger partial charge in [0.2, 0.25) is 0 Å². The highest BCUT2D eigenvalue weighted by Gasteiger charge is 2.13. The predicted molar refractivity (Wildman–Crippen MR) is 84.7 cm³/mol. The molecule has 2 heterocycles. The van der Waals surface area contributed by atoms with Crippen LogP contribution in [0, 0.1) is 6.92 Å². The van der Waals surface area contributed by atoms with E-state index in [1.165, 1.54) is 10.9 Å². The standard InChI is InChI=1S/C15H17N5O2/c1-4-5-6-10(2)7-16-14-13-15(19-11(3)18-14)20(9-17-13)8-12(21)22/h4-6,9H,1-2,7-8H2,3H3,(H,21,22)(H,16,18,19). The van der Waals surface area contributed by atoms with Gasteiger partial charge in [-0.3, -0.25) is 4.79 Å². The van der Waals surface area contributed by atoms with Crippen molar-refractivity contribution < 1.29 is 9.90 Å². The topological polar surface area (TPSA) is 92.9 Å². The second-order valence-electron chi connectivity index (χ2n) is 4.66. The number of fused-ring (bicyclic) bond motifs is 1. The van der Waals surface area contributed by atoms with Gasteiger partial charge in [-0.25, -0.2) is 15.0 Å². The second-order valence-corrected chi connectivity index (χ2v) is 4.66. The molecule has 22 heavy (non-hydrogen) atoms. The Morgan fingerprint density at radius 3 is 2.95 bits per heavy atom. The van der Waals surface area contributed by atoms with E-state index in [2.05, 4.69) is 33.4 Å². The zero-order valence-corrected chi connectivity index (χ0v) is 12.3. The van der Waals surface area contributed by atoms with Gasteiger partial charge in [-0.2, -0.15) is 0 Å². The van der Waals surface area contributed by atoms with Gasteiger partial charge in [-0.15, -0.1) is 0 Å². The lowest BCUT2D eigenvalue weighted by molar-refractivity contribution is -0.137. The number of nitrogens with zero attached hydrogens (tertiary/aromatic N) is 4. The molecular formula is C15H17N5O2. The number of anilines is 1. The molecule has 0 atom stereocenters. The minimum atomic E-state index is -0.951. The number of allylic oxidation sites excluding steroid dienone is 2. The maximum atomic E-state index is 10.9. The quantitative estimate of drug-likeness (QED) is 0.759. The first-order valence-electron chi connectivity index (χ1n) is 6.63. The third-order valence-electron chi connectivity index (χ3n) is 2.83. The Bertz CT molecular complexity index is 761. The van der Waals surface area contributed by atoms with E-state index >= 15 is 0 Å². The zero-order valence-electron chi connectivity index (χ0n) is 12.3. The average Bonchev–Trinajstić information content (AvgIpc) is 2.84.